The molecule has 0 aromatic heterocycles. The van der Waals surface area contributed by atoms with Gasteiger partial charge >= 0.3 is 0 Å². The van der Waals surface area contributed by atoms with E-state index in [1.807, 2.05) is 30.3 Å². The Morgan fingerprint density at radius 2 is 1.33 bits per heavy atom. The molecule has 3 heteroatoms. The number of hydrogen-bond donors (Lipinski definition) is 1. The minimum atomic E-state index is -0.139. The smallest absolute Gasteiger partial charge is 0.0313 e. The van der Waals surface area contributed by atoms with Crippen LogP contribution in [0.3, 0.4) is 0 Å². The molecule has 0 radical (unpaired) electrons. The molecular weight excluding hydrogens is 166 g/mol. The lowest BCUT2D eigenvalue weighted by Crippen LogP contribution is -1.84. The molecule has 0 aliphatic rings. The maximum absolute atomic E-state index is 5.36. The van der Waals surface area contributed by atoms with Crippen LogP contribution < -0.4 is 5.73 Å². The summed E-state index contributed by atoms with van der Waals surface area (Å²) in [5.41, 5.74) is 6.18. The van der Waals surface area contributed by atoms with Crippen LogP contribution in [0, 0.1) is 0 Å². The Labute approximate surface area is 76.3 Å². The van der Waals surface area contributed by atoms with E-state index in [-0.39, 0.29) is 14.3 Å². The number of benzene rings is 1. The van der Waals surface area contributed by atoms with E-state index in [0.717, 1.165) is 5.69 Å². The zero-order valence-corrected chi connectivity index (χ0v) is 9.20. The van der Waals surface area contributed by atoms with E-state index in [1.54, 1.807) is 0 Å². The summed E-state index contributed by atoms with van der Waals surface area (Å²) in [6, 6.07) is 9.49. The number of anilines is 1. The second-order valence-corrected chi connectivity index (χ2v) is 6.61. The third kappa shape index (κ3) is 11.9. The minimum absolute atomic E-state index is 0. The highest BCUT2D eigenvalue weighted by atomic mass is 28.3. The second-order valence-electron chi connectivity index (χ2n) is 3.14. The summed E-state index contributed by atoms with van der Waals surface area (Å²) in [5, 5.41) is 0. The molecule has 2 nitrogen and oxygen atoms in total. The standard InChI is InChI=1S/C6H7N.C3H10Si.H2O/c7-6-4-2-1-3-5-6;1-4(2)3;/h1-5H,7H2;4H,1-3H3;1H2. The van der Waals surface area contributed by atoms with Crippen molar-refractivity contribution < 1.29 is 5.48 Å². The largest absolute Gasteiger partial charge is 0.412 e. The van der Waals surface area contributed by atoms with Crippen LogP contribution in [0.2, 0.25) is 19.6 Å². The number of nitrogen functional groups attached to an aromatic ring is 1. The van der Waals surface area contributed by atoms with E-state index in [0.29, 0.717) is 0 Å². The SMILES string of the molecule is C[SiH](C)C.Nc1ccccc1.O. The fraction of sp³-hybridized carbons (Fsp3) is 0.333. The van der Waals surface area contributed by atoms with Crippen LogP contribution in [0.25, 0.3) is 0 Å². The van der Waals surface area contributed by atoms with Crippen LogP contribution >= 0.6 is 0 Å². The molecule has 70 valence electrons. The molecule has 0 atom stereocenters. The lowest BCUT2D eigenvalue weighted by atomic mass is 10.3. The molecule has 1 rings (SSSR count). The minimum Gasteiger partial charge on any atom is -0.412 e. The van der Waals surface area contributed by atoms with Gasteiger partial charge in [-0.1, -0.05) is 37.8 Å². The van der Waals surface area contributed by atoms with Gasteiger partial charge in [0.15, 0.2) is 0 Å². The van der Waals surface area contributed by atoms with Gasteiger partial charge in [0.2, 0.25) is 0 Å². The van der Waals surface area contributed by atoms with Gasteiger partial charge in [0, 0.05) is 14.5 Å². The lowest BCUT2D eigenvalue weighted by molar-refractivity contribution is 0.824. The van der Waals surface area contributed by atoms with Crippen molar-refractivity contribution in [2.75, 3.05) is 5.73 Å². The summed E-state index contributed by atoms with van der Waals surface area (Å²) in [7, 11) is -0.139. The van der Waals surface area contributed by atoms with Gasteiger partial charge in [-0.15, -0.1) is 0 Å². The van der Waals surface area contributed by atoms with Crippen molar-refractivity contribution in [3.8, 4) is 0 Å². The summed E-state index contributed by atoms with van der Waals surface area (Å²) in [4.78, 5) is 0. The van der Waals surface area contributed by atoms with Gasteiger partial charge in [-0.25, -0.2) is 0 Å². The predicted molar refractivity (Wildman–Crippen MR) is 59.2 cm³/mol. The van der Waals surface area contributed by atoms with Crippen molar-refractivity contribution in [2.24, 2.45) is 0 Å². The third-order valence-corrected chi connectivity index (χ3v) is 0.800. The molecular formula is C9H19NOSi. The quantitative estimate of drug-likeness (QED) is 0.484. The Balaban J connectivity index is 0. The summed E-state index contributed by atoms with van der Waals surface area (Å²) in [6.07, 6.45) is 0. The molecule has 1 aromatic rings. The van der Waals surface area contributed by atoms with Gasteiger partial charge < -0.3 is 11.2 Å². The van der Waals surface area contributed by atoms with E-state index in [2.05, 4.69) is 19.6 Å². The number of nitrogens with two attached hydrogens (primary N) is 1. The zero-order valence-electron chi connectivity index (χ0n) is 8.04. The molecule has 4 N–H and O–H groups in total. The topological polar surface area (TPSA) is 57.5 Å². The first-order chi connectivity index (χ1) is 5.13. The number of rotatable bonds is 0. The first-order valence-electron chi connectivity index (χ1n) is 3.93. The molecule has 0 saturated carbocycles. The van der Waals surface area contributed by atoms with E-state index >= 15 is 0 Å². The van der Waals surface area contributed by atoms with E-state index < -0.39 is 0 Å². The number of hydrogen-bond acceptors (Lipinski definition) is 1. The molecule has 0 bridgehead atoms. The maximum Gasteiger partial charge on any atom is 0.0313 e. The second kappa shape index (κ2) is 8.29. The van der Waals surface area contributed by atoms with Gasteiger partial charge in [-0.3, -0.25) is 0 Å². The average Bonchev–Trinajstić information content (AvgIpc) is 1.87. The van der Waals surface area contributed by atoms with Crippen molar-refractivity contribution in [2.45, 2.75) is 19.6 Å². The van der Waals surface area contributed by atoms with Gasteiger partial charge in [0.05, 0.1) is 0 Å². The van der Waals surface area contributed by atoms with Crippen LogP contribution in [0.15, 0.2) is 30.3 Å². The average molecular weight is 185 g/mol. The molecule has 0 saturated heterocycles. The molecule has 0 fully saturated rings. The van der Waals surface area contributed by atoms with Gasteiger partial charge in [-0.2, -0.15) is 0 Å². The first-order valence-corrected chi connectivity index (χ1v) is 7.40. The molecule has 0 spiro atoms. The molecule has 0 aliphatic heterocycles. The van der Waals surface area contributed by atoms with Crippen molar-refractivity contribution in [1.82, 2.24) is 0 Å². The Morgan fingerprint density at radius 1 is 1.00 bits per heavy atom. The van der Waals surface area contributed by atoms with Crippen LogP contribution in [0.5, 0.6) is 0 Å². The van der Waals surface area contributed by atoms with E-state index in [1.165, 1.54) is 0 Å². The molecule has 0 heterocycles. The van der Waals surface area contributed by atoms with Crippen LogP contribution in [-0.2, 0) is 0 Å². The fourth-order valence-corrected chi connectivity index (χ4v) is 0.453. The van der Waals surface area contributed by atoms with Gasteiger partial charge in [-0.05, 0) is 12.1 Å². The highest BCUT2D eigenvalue weighted by Crippen LogP contribution is 1.95. The highest BCUT2D eigenvalue weighted by molar-refractivity contribution is 6.54. The van der Waals surface area contributed by atoms with E-state index in [4.69, 9.17) is 5.73 Å². The van der Waals surface area contributed by atoms with Gasteiger partial charge in [0.25, 0.3) is 0 Å². The summed E-state index contributed by atoms with van der Waals surface area (Å²) in [5.74, 6) is 0. The first kappa shape index (κ1) is 13.8. The molecule has 12 heavy (non-hydrogen) atoms. The monoisotopic (exact) mass is 185 g/mol. The summed E-state index contributed by atoms with van der Waals surface area (Å²) < 4.78 is 0. The Morgan fingerprint density at radius 3 is 1.50 bits per heavy atom. The Kier molecular flexibility index (Phi) is 9.51. The summed E-state index contributed by atoms with van der Waals surface area (Å²) in [6.45, 7) is 6.92. The Bertz CT molecular complexity index is 174. The summed E-state index contributed by atoms with van der Waals surface area (Å²) >= 11 is 0. The predicted octanol–water partition coefficient (Wildman–Crippen LogP) is 1.55. The van der Waals surface area contributed by atoms with Crippen molar-refractivity contribution in [3.05, 3.63) is 30.3 Å². The zero-order chi connectivity index (χ0) is 8.69. The maximum atomic E-state index is 5.36. The molecule has 0 unspecified atom stereocenters. The molecule has 1 aromatic carbocycles. The van der Waals surface area contributed by atoms with Crippen LogP contribution in [-0.4, -0.2) is 14.3 Å². The normalized spacial score (nSPS) is 8.00. The van der Waals surface area contributed by atoms with E-state index in [9.17, 15) is 0 Å². The lowest BCUT2D eigenvalue weighted by Gasteiger charge is -1.83. The van der Waals surface area contributed by atoms with Crippen molar-refractivity contribution in [3.63, 3.8) is 0 Å². The Hall–Kier alpha value is -0.803. The van der Waals surface area contributed by atoms with Crippen LogP contribution in [0.4, 0.5) is 5.69 Å². The third-order valence-electron chi connectivity index (χ3n) is 0.800. The van der Waals surface area contributed by atoms with Crippen LogP contribution in [0.1, 0.15) is 0 Å². The van der Waals surface area contributed by atoms with Crippen molar-refractivity contribution >= 4 is 14.5 Å². The molecule has 0 amide bonds. The van der Waals surface area contributed by atoms with Gasteiger partial charge in [0.1, 0.15) is 0 Å². The number of para-hydroxylation sites is 1. The highest BCUT2D eigenvalue weighted by Gasteiger charge is 1.72. The fourth-order valence-electron chi connectivity index (χ4n) is 0.453. The molecule has 0 aliphatic carbocycles. The van der Waals surface area contributed by atoms with Crippen molar-refractivity contribution in [1.29, 1.82) is 0 Å².